The van der Waals surface area contributed by atoms with Gasteiger partial charge in [0.1, 0.15) is 10.8 Å². The van der Waals surface area contributed by atoms with E-state index in [0.717, 1.165) is 16.0 Å². The van der Waals surface area contributed by atoms with E-state index in [9.17, 15) is 0 Å². The van der Waals surface area contributed by atoms with Gasteiger partial charge in [0.2, 0.25) is 0 Å². The molecule has 3 N–H and O–H groups in total. The minimum Gasteiger partial charge on any atom is -0.328 e. The number of aryl methyl sites for hydroxylation is 2. The van der Waals surface area contributed by atoms with E-state index in [-0.39, 0.29) is 0 Å². The summed E-state index contributed by atoms with van der Waals surface area (Å²) in [6.45, 7) is 4.16. The summed E-state index contributed by atoms with van der Waals surface area (Å²) < 4.78 is 0.736. The molecule has 2 aromatic rings. The van der Waals surface area contributed by atoms with Crippen molar-refractivity contribution in [1.82, 2.24) is 9.97 Å². The summed E-state index contributed by atoms with van der Waals surface area (Å²) >= 11 is 3.47. The molecule has 0 fully saturated rings. The molecule has 0 unspecified atom stereocenters. The van der Waals surface area contributed by atoms with E-state index in [1.807, 2.05) is 11.9 Å². The molecule has 0 radical (unpaired) electrons. The normalized spacial score (nSPS) is 10.4. The van der Waals surface area contributed by atoms with Gasteiger partial charge in [0, 0.05) is 12.7 Å². The van der Waals surface area contributed by atoms with Crippen LogP contribution in [0.4, 0.5) is 17.3 Å². The van der Waals surface area contributed by atoms with Gasteiger partial charge in [-0.3, -0.25) is 0 Å². The lowest BCUT2D eigenvalue weighted by molar-refractivity contribution is 1.05. The molecule has 0 spiro atoms. The first-order chi connectivity index (χ1) is 9.04. The summed E-state index contributed by atoms with van der Waals surface area (Å²) in [4.78, 5) is 10.3. The monoisotopic (exact) mass is 321 g/mol. The molecule has 6 heteroatoms. The van der Waals surface area contributed by atoms with Crippen molar-refractivity contribution in [2.75, 3.05) is 17.4 Å². The van der Waals surface area contributed by atoms with Crippen LogP contribution in [0.5, 0.6) is 0 Å². The van der Waals surface area contributed by atoms with Gasteiger partial charge in [0.25, 0.3) is 0 Å². The van der Waals surface area contributed by atoms with E-state index in [2.05, 4.69) is 63.4 Å². The zero-order valence-corrected chi connectivity index (χ0v) is 12.7. The molecule has 0 aliphatic rings. The molecule has 0 aliphatic heterocycles. The number of anilines is 3. The van der Waals surface area contributed by atoms with Crippen LogP contribution in [-0.4, -0.2) is 17.0 Å². The summed E-state index contributed by atoms with van der Waals surface area (Å²) in [5.41, 5.74) is 6.06. The number of benzene rings is 1. The number of nitrogens with zero attached hydrogens (tertiary/aromatic N) is 3. The van der Waals surface area contributed by atoms with Crippen molar-refractivity contribution in [3.8, 4) is 0 Å². The molecule has 100 valence electrons. The maximum Gasteiger partial charge on any atom is 0.159 e. The van der Waals surface area contributed by atoms with Crippen LogP contribution in [0.2, 0.25) is 0 Å². The van der Waals surface area contributed by atoms with Crippen LogP contribution in [0.15, 0.2) is 29.0 Å². The maximum absolute atomic E-state index is 5.42. The molecule has 5 nitrogen and oxygen atoms in total. The van der Waals surface area contributed by atoms with E-state index in [1.54, 1.807) is 0 Å². The molecular weight excluding hydrogens is 306 g/mol. The van der Waals surface area contributed by atoms with Crippen molar-refractivity contribution in [1.29, 1.82) is 0 Å². The number of aromatic nitrogens is 2. The van der Waals surface area contributed by atoms with E-state index in [4.69, 9.17) is 5.84 Å². The third-order valence-corrected chi connectivity index (χ3v) is 3.67. The average Bonchev–Trinajstić information content (AvgIpc) is 2.38. The Kier molecular flexibility index (Phi) is 4.01. The number of hydrogen-bond donors (Lipinski definition) is 2. The second kappa shape index (κ2) is 5.54. The van der Waals surface area contributed by atoms with Gasteiger partial charge in [-0.05, 0) is 41.4 Å². The van der Waals surface area contributed by atoms with Crippen LogP contribution in [0, 0.1) is 13.8 Å². The predicted molar refractivity (Wildman–Crippen MR) is 81.5 cm³/mol. The molecule has 0 aliphatic carbocycles. The first-order valence-electron chi connectivity index (χ1n) is 5.82. The Labute approximate surface area is 121 Å². The van der Waals surface area contributed by atoms with E-state index in [1.165, 1.54) is 17.5 Å². The highest BCUT2D eigenvalue weighted by Gasteiger charge is 2.14. The van der Waals surface area contributed by atoms with E-state index < -0.39 is 0 Å². The minimum atomic E-state index is 0.557. The van der Waals surface area contributed by atoms with Gasteiger partial charge in [-0.25, -0.2) is 15.8 Å². The quantitative estimate of drug-likeness (QED) is 0.672. The average molecular weight is 322 g/mol. The van der Waals surface area contributed by atoms with E-state index in [0.29, 0.717) is 5.82 Å². The lowest BCUT2D eigenvalue weighted by atomic mass is 10.1. The molecule has 19 heavy (non-hydrogen) atoms. The zero-order valence-electron chi connectivity index (χ0n) is 11.1. The second-order valence-corrected chi connectivity index (χ2v) is 5.15. The van der Waals surface area contributed by atoms with Crippen LogP contribution in [0.25, 0.3) is 0 Å². The highest BCUT2D eigenvalue weighted by molar-refractivity contribution is 9.10. The van der Waals surface area contributed by atoms with Gasteiger partial charge >= 0.3 is 0 Å². The Morgan fingerprint density at radius 3 is 2.63 bits per heavy atom. The van der Waals surface area contributed by atoms with Crippen LogP contribution in [0.1, 0.15) is 11.1 Å². The fourth-order valence-corrected chi connectivity index (χ4v) is 2.58. The van der Waals surface area contributed by atoms with Crippen molar-refractivity contribution in [3.63, 3.8) is 0 Å². The summed E-state index contributed by atoms with van der Waals surface area (Å²) in [6, 6.07) is 6.30. The molecular formula is C13H16BrN5. The zero-order chi connectivity index (χ0) is 14.0. The lowest BCUT2D eigenvalue weighted by Gasteiger charge is -2.22. The van der Waals surface area contributed by atoms with Crippen molar-refractivity contribution in [3.05, 3.63) is 40.1 Å². The largest absolute Gasteiger partial charge is 0.328 e. The molecule has 1 heterocycles. The summed E-state index contributed by atoms with van der Waals surface area (Å²) in [6.07, 6.45) is 1.48. The number of nitrogens with two attached hydrogens (primary N) is 1. The summed E-state index contributed by atoms with van der Waals surface area (Å²) in [5, 5.41) is 0. The predicted octanol–water partition coefficient (Wildman–Crippen LogP) is 2.91. The van der Waals surface area contributed by atoms with Gasteiger partial charge in [-0.2, -0.15) is 0 Å². The van der Waals surface area contributed by atoms with Gasteiger partial charge in [-0.1, -0.05) is 17.7 Å². The third-order valence-electron chi connectivity index (χ3n) is 2.94. The number of nitrogen functional groups attached to an aromatic ring is 1. The van der Waals surface area contributed by atoms with Gasteiger partial charge in [-0.15, -0.1) is 0 Å². The third kappa shape index (κ3) is 2.69. The van der Waals surface area contributed by atoms with Crippen LogP contribution in [0.3, 0.4) is 0 Å². The van der Waals surface area contributed by atoms with Crippen LogP contribution in [-0.2, 0) is 0 Å². The summed E-state index contributed by atoms with van der Waals surface area (Å²) in [5.74, 6) is 6.74. The van der Waals surface area contributed by atoms with Gasteiger partial charge in [0.15, 0.2) is 11.6 Å². The molecule has 1 aromatic heterocycles. The summed E-state index contributed by atoms with van der Waals surface area (Å²) in [7, 11) is 1.96. The Balaban J connectivity index is 2.47. The SMILES string of the molecule is Cc1ccc(N(C)c2ncnc(NN)c2Br)c(C)c1. The molecule has 0 bridgehead atoms. The number of hydrogen-bond acceptors (Lipinski definition) is 5. The molecule has 1 aromatic carbocycles. The Bertz CT molecular complexity index is 600. The van der Waals surface area contributed by atoms with Crippen LogP contribution >= 0.6 is 15.9 Å². The Hall–Kier alpha value is -1.66. The van der Waals surface area contributed by atoms with Gasteiger partial charge < -0.3 is 10.3 Å². The molecule has 0 amide bonds. The second-order valence-electron chi connectivity index (χ2n) is 4.35. The van der Waals surface area contributed by atoms with Crippen molar-refractivity contribution in [2.24, 2.45) is 5.84 Å². The topological polar surface area (TPSA) is 67.1 Å². The number of nitrogens with one attached hydrogen (secondary N) is 1. The smallest absolute Gasteiger partial charge is 0.159 e. The highest BCUT2D eigenvalue weighted by Crippen LogP contribution is 2.33. The van der Waals surface area contributed by atoms with Crippen molar-refractivity contribution in [2.45, 2.75) is 13.8 Å². The molecule has 0 atom stereocenters. The fourth-order valence-electron chi connectivity index (χ4n) is 1.99. The molecule has 2 rings (SSSR count). The first kappa shape index (κ1) is 13.8. The number of halogens is 1. The molecule has 0 saturated heterocycles. The first-order valence-corrected chi connectivity index (χ1v) is 6.62. The Morgan fingerprint density at radius 1 is 1.26 bits per heavy atom. The Morgan fingerprint density at radius 2 is 2.00 bits per heavy atom. The fraction of sp³-hybridized carbons (Fsp3) is 0.231. The van der Waals surface area contributed by atoms with E-state index >= 15 is 0 Å². The van der Waals surface area contributed by atoms with Crippen molar-refractivity contribution >= 4 is 33.3 Å². The van der Waals surface area contributed by atoms with Crippen LogP contribution < -0.4 is 16.2 Å². The maximum atomic E-state index is 5.42. The number of hydrazine groups is 1. The minimum absolute atomic E-state index is 0.557. The standard InChI is InChI=1S/C13H16BrN5/c1-8-4-5-10(9(2)6-8)19(3)13-11(14)12(18-15)16-7-17-13/h4-7H,15H2,1-3H3,(H,16,17,18). The number of rotatable bonds is 3. The molecule has 0 saturated carbocycles. The lowest BCUT2D eigenvalue weighted by Crippen LogP contribution is -2.16. The van der Waals surface area contributed by atoms with Crippen molar-refractivity contribution < 1.29 is 0 Å². The highest BCUT2D eigenvalue weighted by atomic mass is 79.9. The van der Waals surface area contributed by atoms with Gasteiger partial charge in [0.05, 0.1) is 0 Å².